The molecular formula is C9H9BrF3NO. The minimum Gasteiger partial charge on any atom is -0.375 e. The summed E-state index contributed by atoms with van der Waals surface area (Å²) in [6.45, 7) is -0.910. The molecule has 2 nitrogen and oxygen atoms in total. The molecule has 0 saturated heterocycles. The van der Waals surface area contributed by atoms with Crippen molar-refractivity contribution in [1.82, 2.24) is 0 Å². The lowest BCUT2D eigenvalue weighted by atomic mass is 9.93. The molecule has 0 spiro atoms. The maximum absolute atomic E-state index is 12.6. The van der Waals surface area contributed by atoms with E-state index in [-0.39, 0.29) is 5.56 Å². The number of hydrogen-bond donors (Lipinski definition) is 2. The molecule has 0 radical (unpaired) electrons. The van der Waals surface area contributed by atoms with E-state index in [9.17, 15) is 18.3 Å². The van der Waals surface area contributed by atoms with Crippen molar-refractivity contribution in [2.45, 2.75) is 11.8 Å². The molecule has 0 aliphatic heterocycles. The number of nitrogens with two attached hydrogens (primary N) is 1. The molecule has 0 fully saturated rings. The van der Waals surface area contributed by atoms with Crippen LogP contribution in [0.4, 0.5) is 13.2 Å². The topological polar surface area (TPSA) is 46.2 Å². The Morgan fingerprint density at radius 1 is 1.33 bits per heavy atom. The standard InChI is InChI=1S/C9H9BrF3NO/c10-7-3-1-2-6(4-7)8(15,5-14)9(11,12)13/h1-4,15H,5,14H2. The van der Waals surface area contributed by atoms with Crippen molar-refractivity contribution in [1.29, 1.82) is 0 Å². The fraction of sp³-hybridized carbons (Fsp3) is 0.333. The van der Waals surface area contributed by atoms with Crippen molar-refractivity contribution in [2.75, 3.05) is 6.54 Å². The quantitative estimate of drug-likeness (QED) is 0.874. The zero-order chi connectivity index (χ0) is 11.7. The molecule has 1 atom stereocenters. The fourth-order valence-electron chi connectivity index (χ4n) is 1.14. The van der Waals surface area contributed by atoms with Crippen LogP contribution in [0.1, 0.15) is 5.56 Å². The Morgan fingerprint density at radius 2 is 1.93 bits per heavy atom. The minimum absolute atomic E-state index is 0.271. The van der Waals surface area contributed by atoms with Gasteiger partial charge in [-0.2, -0.15) is 13.2 Å². The molecule has 0 aromatic heterocycles. The number of halogens is 4. The number of aliphatic hydroxyl groups is 1. The van der Waals surface area contributed by atoms with Gasteiger partial charge in [0, 0.05) is 11.0 Å². The molecule has 84 valence electrons. The first-order valence-corrected chi connectivity index (χ1v) is 4.86. The van der Waals surface area contributed by atoms with Gasteiger partial charge in [0.05, 0.1) is 0 Å². The van der Waals surface area contributed by atoms with E-state index in [4.69, 9.17) is 5.73 Å². The lowest BCUT2D eigenvalue weighted by Gasteiger charge is -2.29. The number of rotatable bonds is 2. The van der Waals surface area contributed by atoms with Gasteiger partial charge in [-0.05, 0) is 17.7 Å². The van der Waals surface area contributed by atoms with Gasteiger partial charge in [0.2, 0.25) is 0 Å². The first-order valence-electron chi connectivity index (χ1n) is 4.06. The van der Waals surface area contributed by atoms with E-state index in [1.54, 1.807) is 6.07 Å². The van der Waals surface area contributed by atoms with Gasteiger partial charge in [-0.1, -0.05) is 28.1 Å². The molecule has 1 aromatic carbocycles. The van der Waals surface area contributed by atoms with Crippen molar-refractivity contribution in [3.63, 3.8) is 0 Å². The van der Waals surface area contributed by atoms with Gasteiger partial charge in [0.15, 0.2) is 5.60 Å². The fourth-order valence-corrected chi connectivity index (χ4v) is 1.54. The predicted octanol–water partition coefficient (Wildman–Crippen LogP) is 2.16. The van der Waals surface area contributed by atoms with Gasteiger partial charge < -0.3 is 10.8 Å². The lowest BCUT2D eigenvalue weighted by Crippen LogP contribution is -2.48. The minimum atomic E-state index is -4.79. The smallest absolute Gasteiger partial charge is 0.375 e. The van der Waals surface area contributed by atoms with Crippen LogP contribution in [0.2, 0.25) is 0 Å². The highest BCUT2D eigenvalue weighted by Crippen LogP contribution is 2.38. The largest absolute Gasteiger partial charge is 0.422 e. The molecule has 1 aromatic rings. The summed E-state index contributed by atoms with van der Waals surface area (Å²) in [5.74, 6) is 0. The first-order chi connectivity index (χ1) is 6.81. The van der Waals surface area contributed by atoms with Crippen molar-refractivity contribution < 1.29 is 18.3 Å². The zero-order valence-electron chi connectivity index (χ0n) is 7.55. The van der Waals surface area contributed by atoms with Crippen LogP contribution < -0.4 is 5.73 Å². The van der Waals surface area contributed by atoms with Crippen molar-refractivity contribution in [3.8, 4) is 0 Å². The third kappa shape index (κ3) is 2.32. The van der Waals surface area contributed by atoms with Gasteiger partial charge in [0.25, 0.3) is 0 Å². The van der Waals surface area contributed by atoms with Crippen molar-refractivity contribution >= 4 is 15.9 Å². The second kappa shape index (κ2) is 4.11. The summed E-state index contributed by atoms with van der Waals surface area (Å²) in [5.41, 5.74) is 1.73. The molecule has 0 heterocycles. The second-order valence-electron chi connectivity index (χ2n) is 3.07. The van der Waals surface area contributed by atoms with Gasteiger partial charge in [-0.25, -0.2) is 0 Å². The van der Waals surface area contributed by atoms with E-state index in [2.05, 4.69) is 15.9 Å². The Bertz CT molecular complexity index is 355. The Kier molecular flexibility index (Phi) is 3.42. The summed E-state index contributed by atoms with van der Waals surface area (Å²) in [5, 5.41) is 9.48. The molecule has 15 heavy (non-hydrogen) atoms. The number of hydrogen-bond acceptors (Lipinski definition) is 2. The second-order valence-corrected chi connectivity index (χ2v) is 3.99. The van der Waals surface area contributed by atoms with Crippen LogP contribution in [0.3, 0.4) is 0 Å². The average Bonchev–Trinajstić information content (AvgIpc) is 2.14. The van der Waals surface area contributed by atoms with E-state index >= 15 is 0 Å². The van der Waals surface area contributed by atoms with Crippen LogP contribution in [0, 0.1) is 0 Å². The summed E-state index contributed by atoms with van der Waals surface area (Å²) in [4.78, 5) is 0. The first kappa shape index (κ1) is 12.5. The highest BCUT2D eigenvalue weighted by atomic mass is 79.9. The molecule has 0 aliphatic rings. The van der Waals surface area contributed by atoms with Crippen LogP contribution in [-0.4, -0.2) is 17.8 Å². The van der Waals surface area contributed by atoms with E-state index in [1.807, 2.05) is 0 Å². The Labute approximate surface area is 93.0 Å². The molecule has 0 aliphatic carbocycles. The van der Waals surface area contributed by atoms with Gasteiger partial charge in [-0.15, -0.1) is 0 Å². The molecule has 1 rings (SSSR count). The maximum atomic E-state index is 12.6. The van der Waals surface area contributed by atoms with Gasteiger partial charge in [0.1, 0.15) is 0 Å². The highest BCUT2D eigenvalue weighted by molar-refractivity contribution is 9.10. The summed E-state index contributed by atoms with van der Waals surface area (Å²) < 4.78 is 38.2. The van der Waals surface area contributed by atoms with E-state index in [0.717, 1.165) is 0 Å². The monoisotopic (exact) mass is 283 g/mol. The summed E-state index contributed by atoms with van der Waals surface area (Å²) in [7, 11) is 0. The SMILES string of the molecule is NCC(O)(c1cccc(Br)c1)C(F)(F)F. The molecule has 6 heteroatoms. The number of alkyl halides is 3. The third-order valence-electron chi connectivity index (χ3n) is 2.07. The third-order valence-corrected chi connectivity index (χ3v) is 2.56. The van der Waals surface area contributed by atoms with E-state index in [1.165, 1.54) is 18.2 Å². The Hall–Kier alpha value is -0.590. The van der Waals surface area contributed by atoms with Crippen LogP contribution in [0.5, 0.6) is 0 Å². The average molecular weight is 284 g/mol. The Morgan fingerprint density at radius 3 is 2.33 bits per heavy atom. The highest BCUT2D eigenvalue weighted by Gasteiger charge is 2.54. The zero-order valence-corrected chi connectivity index (χ0v) is 9.14. The number of benzene rings is 1. The Balaban J connectivity index is 3.23. The molecule has 0 saturated carbocycles. The van der Waals surface area contributed by atoms with Crippen molar-refractivity contribution in [3.05, 3.63) is 34.3 Å². The van der Waals surface area contributed by atoms with Crippen LogP contribution in [0.25, 0.3) is 0 Å². The normalized spacial score (nSPS) is 16.1. The van der Waals surface area contributed by atoms with Crippen LogP contribution in [-0.2, 0) is 5.60 Å². The summed E-state index contributed by atoms with van der Waals surface area (Å²) >= 11 is 3.03. The van der Waals surface area contributed by atoms with Crippen LogP contribution >= 0.6 is 15.9 Å². The molecule has 0 bridgehead atoms. The van der Waals surface area contributed by atoms with E-state index < -0.39 is 18.3 Å². The predicted molar refractivity (Wildman–Crippen MR) is 53.1 cm³/mol. The van der Waals surface area contributed by atoms with E-state index in [0.29, 0.717) is 4.47 Å². The van der Waals surface area contributed by atoms with Crippen LogP contribution in [0.15, 0.2) is 28.7 Å². The summed E-state index contributed by atoms with van der Waals surface area (Å²) in [6, 6.07) is 5.36. The molecule has 1 unspecified atom stereocenters. The molecule has 3 N–H and O–H groups in total. The molecular weight excluding hydrogens is 275 g/mol. The lowest BCUT2D eigenvalue weighted by molar-refractivity contribution is -0.262. The summed E-state index contributed by atoms with van der Waals surface area (Å²) in [6.07, 6.45) is -4.79. The molecule has 0 amide bonds. The van der Waals surface area contributed by atoms with Crippen molar-refractivity contribution in [2.24, 2.45) is 5.73 Å². The maximum Gasteiger partial charge on any atom is 0.422 e. The van der Waals surface area contributed by atoms with Gasteiger partial charge in [-0.3, -0.25) is 0 Å². The van der Waals surface area contributed by atoms with Gasteiger partial charge >= 0.3 is 6.18 Å².